The van der Waals surface area contributed by atoms with Crippen molar-refractivity contribution in [2.45, 2.75) is 85.5 Å². The highest BCUT2D eigenvalue weighted by atomic mass is 16.5. The van der Waals surface area contributed by atoms with Gasteiger partial charge in [-0.2, -0.15) is 0 Å². The summed E-state index contributed by atoms with van der Waals surface area (Å²) in [6, 6.07) is 39.9. The van der Waals surface area contributed by atoms with Crippen LogP contribution in [0.2, 0.25) is 0 Å². The van der Waals surface area contributed by atoms with Gasteiger partial charge in [-0.1, -0.05) is 98.7 Å². The molecule has 0 aliphatic carbocycles. The zero-order chi connectivity index (χ0) is 39.4. The average Bonchev–Trinajstić information content (AvgIpc) is 3.35. The summed E-state index contributed by atoms with van der Waals surface area (Å²) in [4.78, 5) is 5.20. The molecule has 280 valence electrons. The third-order valence-corrected chi connectivity index (χ3v) is 12.9. The predicted molar refractivity (Wildman–Crippen MR) is 240 cm³/mol. The number of hydrogen-bond acceptors (Lipinski definition) is 3. The van der Waals surface area contributed by atoms with Crippen LogP contribution in [0.4, 0.5) is 39.8 Å². The van der Waals surface area contributed by atoms with Crippen molar-refractivity contribution in [2.75, 3.05) is 23.8 Å². The third-order valence-electron chi connectivity index (χ3n) is 12.9. The van der Waals surface area contributed by atoms with Crippen LogP contribution in [0.15, 0.2) is 103 Å². The number of rotatable bonds is 1. The highest BCUT2D eigenvalue weighted by molar-refractivity contribution is 6.94. The van der Waals surface area contributed by atoms with Crippen molar-refractivity contribution in [3.63, 3.8) is 0 Å². The van der Waals surface area contributed by atoms with Crippen molar-refractivity contribution in [1.82, 2.24) is 4.48 Å². The number of benzene rings is 6. The summed E-state index contributed by atoms with van der Waals surface area (Å²) in [5, 5.41) is 0. The average molecular weight is 735 g/mol. The molecule has 10 rings (SSSR count). The maximum atomic E-state index is 7.09. The topological polar surface area (TPSA) is 15.7 Å². The molecule has 4 aliphatic rings. The van der Waals surface area contributed by atoms with Crippen molar-refractivity contribution in [3.8, 4) is 33.8 Å². The van der Waals surface area contributed by atoms with E-state index in [1.807, 2.05) is 0 Å². The molecule has 0 saturated carbocycles. The summed E-state index contributed by atoms with van der Waals surface area (Å²) < 4.78 is 7.79. The number of ether oxygens (including phenoxy) is 1. The Morgan fingerprint density at radius 1 is 0.536 bits per heavy atom. The van der Waals surface area contributed by atoms with Gasteiger partial charge in [-0.3, -0.25) is 4.48 Å². The van der Waals surface area contributed by atoms with Crippen LogP contribution in [0.5, 0.6) is 11.5 Å². The fraction of sp³-hybridized carbons (Fsp3) is 0.294. The van der Waals surface area contributed by atoms with E-state index in [0.29, 0.717) is 4.48 Å². The molecule has 4 heterocycles. The van der Waals surface area contributed by atoms with Crippen LogP contribution in [0, 0.1) is 6.92 Å². The number of anilines is 5. The van der Waals surface area contributed by atoms with E-state index in [0.717, 1.165) is 22.9 Å². The van der Waals surface area contributed by atoms with Gasteiger partial charge in [0.25, 0.3) is 0 Å². The second-order valence-electron chi connectivity index (χ2n) is 20.2. The molecule has 0 atom stereocenters. The van der Waals surface area contributed by atoms with E-state index in [-0.39, 0.29) is 23.1 Å². The van der Waals surface area contributed by atoms with E-state index >= 15 is 0 Å². The van der Waals surface area contributed by atoms with Gasteiger partial charge in [0.05, 0.1) is 25.5 Å². The van der Waals surface area contributed by atoms with Crippen LogP contribution in [0.25, 0.3) is 22.3 Å². The maximum absolute atomic E-state index is 7.09. The molecule has 6 aromatic rings. The molecule has 0 bridgehead atoms. The molecule has 0 spiro atoms. The van der Waals surface area contributed by atoms with E-state index in [4.69, 9.17) is 4.74 Å². The number of aryl methyl sites for hydroxylation is 1. The van der Waals surface area contributed by atoms with Crippen molar-refractivity contribution in [2.24, 2.45) is 0 Å². The van der Waals surface area contributed by atoms with E-state index in [1.165, 1.54) is 83.9 Å². The summed E-state index contributed by atoms with van der Waals surface area (Å²) in [6.45, 7) is 22.8. The molecule has 56 heavy (non-hydrogen) atoms. The molecular weight excluding hydrogens is 681 g/mol. The van der Waals surface area contributed by atoms with Crippen LogP contribution >= 0.6 is 0 Å². The fourth-order valence-corrected chi connectivity index (χ4v) is 9.76. The smallest absolute Gasteiger partial charge is 0.333 e. The molecule has 5 heteroatoms. The maximum Gasteiger partial charge on any atom is 0.333 e. The number of fused-ring (bicyclic) bond motifs is 9. The van der Waals surface area contributed by atoms with Gasteiger partial charge < -0.3 is 14.4 Å². The summed E-state index contributed by atoms with van der Waals surface area (Å²) in [5.74, 6) is 1.86. The Balaban J connectivity index is 1.33. The first kappa shape index (κ1) is 35.2. The van der Waals surface area contributed by atoms with Crippen molar-refractivity contribution in [1.29, 1.82) is 0 Å². The lowest BCUT2D eigenvalue weighted by Crippen LogP contribution is -2.62. The molecule has 4 aliphatic heterocycles. The lowest BCUT2D eigenvalue weighted by atomic mass is 9.43. The highest BCUT2D eigenvalue weighted by Gasteiger charge is 2.50. The van der Waals surface area contributed by atoms with E-state index in [1.54, 1.807) is 0 Å². The number of para-hydroxylation sites is 1. The minimum absolute atomic E-state index is 0.0181. The largest absolute Gasteiger partial charge is 0.453 e. The molecule has 0 saturated heterocycles. The van der Waals surface area contributed by atoms with Gasteiger partial charge in [0.15, 0.2) is 5.75 Å². The van der Waals surface area contributed by atoms with Gasteiger partial charge >= 0.3 is 6.85 Å². The van der Waals surface area contributed by atoms with Crippen molar-refractivity contribution < 1.29 is 4.74 Å². The summed E-state index contributed by atoms with van der Waals surface area (Å²) in [5.41, 5.74) is 21.5. The van der Waals surface area contributed by atoms with Crippen molar-refractivity contribution >= 4 is 57.6 Å². The molecule has 4 nitrogen and oxygen atoms in total. The second kappa shape index (κ2) is 11.2. The fourth-order valence-electron chi connectivity index (χ4n) is 9.76. The van der Waals surface area contributed by atoms with Crippen LogP contribution in [-0.4, -0.2) is 20.9 Å². The SMILES string of the molecule is Cc1cc2c3c(c1)N(c1ccc(C(C)(C)C)cc1)c1cc4c(cc1B3N1c3ccc(C(C)(C)C)cc3Oc3cc(C(C)(C)C)cc-2c31)-c1ccccc1[N+]4(C)C. The summed E-state index contributed by atoms with van der Waals surface area (Å²) in [7, 11) is 4.67. The minimum Gasteiger partial charge on any atom is -0.453 e. The van der Waals surface area contributed by atoms with Crippen LogP contribution in [0.3, 0.4) is 0 Å². The normalized spacial score (nSPS) is 15.7. The molecule has 0 N–H and O–H groups in total. The Morgan fingerprint density at radius 2 is 1.20 bits per heavy atom. The summed E-state index contributed by atoms with van der Waals surface area (Å²) in [6.07, 6.45) is 0. The molecule has 0 radical (unpaired) electrons. The first-order chi connectivity index (χ1) is 26.3. The van der Waals surface area contributed by atoms with Crippen molar-refractivity contribution in [3.05, 3.63) is 125 Å². The van der Waals surface area contributed by atoms with Gasteiger partial charge in [0, 0.05) is 45.9 Å². The van der Waals surface area contributed by atoms with Gasteiger partial charge in [0.1, 0.15) is 17.1 Å². The van der Waals surface area contributed by atoms with Gasteiger partial charge in [0.2, 0.25) is 0 Å². The minimum atomic E-state index is -0.0794. The van der Waals surface area contributed by atoms with Gasteiger partial charge in [-0.15, -0.1) is 0 Å². The Hall–Kier alpha value is -5.26. The van der Waals surface area contributed by atoms with Gasteiger partial charge in [-0.25, -0.2) is 0 Å². The quantitative estimate of drug-likeness (QED) is 0.124. The molecule has 0 aromatic heterocycles. The molecular formula is C51H53BN3O+. The van der Waals surface area contributed by atoms with Gasteiger partial charge in [-0.05, 0) is 117 Å². The lowest BCUT2D eigenvalue weighted by Gasteiger charge is -2.48. The van der Waals surface area contributed by atoms with Crippen LogP contribution < -0.4 is 29.9 Å². The molecule has 0 unspecified atom stereocenters. The Kier molecular flexibility index (Phi) is 7.03. The number of nitrogens with zero attached hydrogens (tertiary/aromatic N) is 3. The van der Waals surface area contributed by atoms with Crippen LogP contribution in [-0.2, 0) is 16.2 Å². The first-order valence-electron chi connectivity index (χ1n) is 20.3. The monoisotopic (exact) mass is 734 g/mol. The number of hydrogen-bond donors (Lipinski definition) is 0. The Labute approximate surface area is 334 Å². The zero-order valence-electron chi connectivity index (χ0n) is 35.1. The molecule has 0 amide bonds. The standard InChI is InChI=1S/C51H53BN3O/c1-30-23-37-38-25-33(51(8,9)10)27-46-48(38)54(40-22-19-32(50(5,6)7)26-45(40)56-46)52-39-28-36-35-15-13-14-16-43(35)55(11,12)44(36)29-41(39)53(42(24-30)47(37)52)34-20-17-31(18-21-34)49(2,3)4/h13-29H,1-12H3/q+1. The Bertz CT molecular complexity index is 2670. The second-order valence-corrected chi connectivity index (χ2v) is 20.2. The number of quaternary nitrogens is 1. The van der Waals surface area contributed by atoms with E-state index in [2.05, 4.69) is 196 Å². The molecule has 0 fully saturated rings. The Morgan fingerprint density at radius 3 is 1.89 bits per heavy atom. The van der Waals surface area contributed by atoms with Crippen LogP contribution in [0.1, 0.15) is 84.6 Å². The molecule has 6 aromatic carbocycles. The summed E-state index contributed by atoms with van der Waals surface area (Å²) >= 11 is 0. The lowest BCUT2D eigenvalue weighted by molar-refractivity contribution is 0.470. The zero-order valence-corrected chi connectivity index (χ0v) is 35.1. The van der Waals surface area contributed by atoms with E-state index in [9.17, 15) is 0 Å². The predicted octanol–water partition coefficient (Wildman–Crippen LogP) is 12.6. The third kappa shape index (κ3) is 4.89. The first-order valence-corrected chi connectivity index (χ1v) is 20.3. The highest BCUT2D eigenvalue weighted by Crippen LogP contribution is 2.58. The van der Waals surface area contributed by atoms with E-state index < -0.39 is 0 Å².